The molecule has 0 spiro atoms. The Labute approximate surface area is 106 Å². The number of ether oxygens (including phenoxy) is 1. The van der Waals surface area contributed by atoms with E-state index in [4.69, 9.17) is 4.74 Å². The minimum Gasteiger partial charge on any atom is -0.497 e. The van der Waals surface area contributed by atoms with Crippen molar-refractivity contribution in [3.05, 3.63) is 65.0 Å². The summed E-state index contributed by atoms with van der Waals surface area (Å²) < 4.78 is 18.6. The minimum absolute atomic E-state index is 0.311. The first-order valence-corrected chi connectivity index (χ1v) is 5.70. The van der Waals surface area contributed by atoms with Gasteiger partial charge in [0.25, 0.3) is 0 Å². The first-order valence-electron chi connectivity index (χ1n) is 5.70. The molecule has 2 aromatic carbocycles. The molecule has 0 fully saturated rings. The van der Waals surface area contributed by atoms with Crippen molar-refractivity contribution < 1.29 is 14.2 Å². The highest BCUT2D eigenvalue weighted by Gasteiger charge is 2.12. The summed E-state index contributed by atoms with van der Waals surface area (Å²) in [4.78, 5) is 0. The van der Waals surface area contributed by atoms with E-state index in [1.54, 1.807) is 50.4 Å². The van der Waals surface area contributed by atoms with Gasteiger partial charge in [0.15, 0.2) is 0 Å². The Hall–Kier alpha value is -1.87. The molecule has 0 saturated heterocycles. The lowest BCUT2D eigenvalue weighted by Gasteiger charge is -2.13. The van der Waals surface area contributed by atoms with E-state index >= 15 is 0 Å². The van der Waals surface area contributed by atoms with Gasteiger partial charge in [-0.05, 0) is 41.8 Å². The number of rotatable bonds is 3. The maximum absolute atomic E-state index is 13.5. The van der Waals surface area contributed by atoms with Crippen molar-refractivity contribution in [3.8, 4) is 5.75 Å². The molecule has 1 N–H and O–H groups in total. The molecule has 0 aromatic heterocycles. The second kappa shape index (κ2) is 5.19. The predicted molar refractivity (Wildman–Crippen MR) is 68.2 cm³/mol. The first kappa shape index (κ1) is 12.6. The Balaban J connectivity index is 2.34. The van der Waals surface area contributed by atoms with E-state index in [9.17, 15) is 9.50 Å². The average Bonchev–Trinajstić information content (AvgIpc) is 2.41. The van der Waals surface area contributed by atoms with Gasteiger partial charge >= 0.3 is 0 Å². The molecule has 2 aromatic rings. The molecule has 0 radical (unpaired) electrons. The normalized spacial score (nSPS) is 12.2. The molecule has 0 amide bonds. The van der Waals surface area contributed by atoms with Crippen molar-refractivity contribution in [2.45, 2.75) is 13.0 Å². The topological polar surface area (TPSA) is 29.5 Å². The predicted octanol–water partition coefficient (Wildman–Crippen LogP) is 3.22. The molecule has 18 heavy (non-hydrogen) atoms. The van der Waals surface area contributed by atoms with Crippen LogP contribution >= 0.6 is 0 Å². The summed E-state index contributed by atoms with van der Waals surface area (Å²) >= 11 is 0. The Morgan fingerprint density at radius 3 is 2.50 bits per heavy atom. The van der Waals surface area contributed by atoms with Crippen molar-refractivity contribution in [1.29, 1.82) is 0 Å². The van der Waals surface area contributed by atoms with Crippen molar-refractivity contribution in [1.82, 2.24) is 0 Å². The van der Waals surface area contributed by atoms with Gasteiger partial charge in [0, 0.05) is 0 Å². The van der Waals surface area contributed by atoms with Gasteiger partial charge in [-0.3, -0.25) is 0 Å². The van der Waals surface area contributed by atoms with E-state index in [2.05, 4.69) is 0 Å². The molecule has 1 atom stereocenters. The quantitative estimate of drug-likeness (QED) is 0.901. The number of aliphatic hydroxyl groups excluding tert-OH is 1. The Kier molecular flexibility index (Phi) is 3.63. The van der Waals surface area contributed by atoms with E-state index < -0.39 is 6.10 Å². The third-order valence-corrected chi connectivity index (χ3v) is 2.92. The first-order chi connectivity index (χ1) is 8.61. The Bertz CT molecular complexity index is 552. The van der Waals surface area contributed by atoms with Crippen LogP contribution in [0.25, 0.3) is 0 Å². The van der Waals surface area contributed by atoms with Crippen molar-refractivity contribution >= 4 is 0 Å². The molecule has 2 rings (SSSR count). The largest absolute Gasteiger partial charge is 0.497 e. The summed E-state index contributed by atoms with van der Waals surface area (Å²) in [5.41, 5.74) is 1.78. The second-order valence-corrected chi connectivity index (χ2v) is 4.19. The van der Waals surface area contributed by atoms with Gasteiger partial charge < -0.3 is 9.84 Å². The van der Waals surface area contributed by atoms with Crippen molar-refractivity contribution in [2.75, 3.05) is 7.11 Å². The van der Waals surface area contributed by atoms with Gasteiger partial charge in [-0.1, -0.05) is 24.3 Å². The maximum atomic E-state index is 13.5. The molecule has 2 nitrogen and oxygen atoms in total. The SMILES string of the molecule is COc1cccc(C(O)c2ccc(C)c(F)c2)c1. The molecule has 0 aliphatic heterocycles. The highest BCUT2D eigenvalue weighted by molar-refractivity contribution is 5.36. The van der Waals surface area contributed by atoms with Crippen LogP contribution in [0.1, 0.15) is 22.8 Å². The summed E-state index contributed by atoms with van der Waals surface area (Å²) in [5.74, 6) is 0.355. The third kappa shape index (κ3) is 2.51. The Morgan fingerprint density at radius 2 is 1.83 bits per heavy atom. The Morgan fingerprint density at radius 1 is 1.11 bits per heavy atom. The lowest BCUT2D eigenvalue weighted by atomic mass is 10.00. The van der Waals surface area contributed by atoms with Crippen LogP contribution in [0.4, 0.5) is 4.39 Å². The van der Waals surface area contributed by atoms with Crippen LogP contribution in [0.3, 0.4) is 0 Å². The van der Waals surface area contributed by atoms with Gasteiger partial charge in [-0.2, -0.15) is 0 Å². The number of halogens is 1. The minimum atomic E-state index is -0.852. The number of aryl methyl sites for hydroxylation is 1. The fraction of sp³-hybridized carbons (Fsp3) is 0.200. The zero-order valence-electron chi connectivity index (χ0n) is 10.4. The van der Waals surface area contributed by atoms with E-state index in [0.717, 1.165) is 0 Å². The average molecular weight is 246 g/mol. The van der Waals surface area contributed by atoms with Crippen LogP contribution < -0.4 is 4.74 Å². The van der Waals surface area contributed by atoms with Gasteiger partial charge in [0.1, 0.15) is 17.7 Å². The highest BCUT2D eigenvalue weighted by atomic mass is 19.1. The number of methoxy groups -OCH3 is 1. The van der Waals surface area contributed by atoms with Crippen LogP contribution in [-0.4, -0.2) is 12.2 Å². The molecule has 1 unspecified atom stereocenters. The number of hydrogen-bond donors (Lipinski definition) is 1. The zero-order valence-corrected chi connectivity index (χ0v) is 10.4. The van der Waals surface area contributed by atoms with Crippen LogP contribution in [0.2, 0.25) is 0 Å². The standard InChI is InChI=1S/C15H15FO2/c1-10-6-7-12(9-14(10)16)15(17)11-4-3-5-13(8-11)18-2/h3-9,15,17H,1-2H3. The van der Waals surface area contributed by atoms with Gasteiger partial charge in [0.2, 0.25) is 0 Å². The number of aliphatic hydroxyl groups is 1. The van der Waals surface area contributed by atoms with E-state index in [0.29, 0.717) is 22.4 Å². The van der Waals surface area contributed by atoms with Crippen LogP contribution in [0, 0.1) is 12.7 Å². The molecule has 0 aliphatic rings. The zero-order chi connectivity index (χ0) is 13.1. The van der Waals surface area contributed by atoms with Gasteiger partial charge in [0.05, 0.1) is 7.11 Å². The van der Waals surface area contributed by atoms with Crippen molar-refractivity contribution in [3.63, 3.8) is 0 Å². The smallest absolute Gasteiger partial charge is 0.126 e. The maximum Gasteiger partial charge on any atom is 0.126 e. The second-order valence-electron chi connectivity index (χ2n) is 4.19. The number of benzene rings is 2. The van der Waals surface area contributed by atoms with Crippen molar-refractivity contribution in [2.24, 2.45) is 0 Å². The summed E-state index contributed by atoms with van der Waals surface area (Å²) in [6.07, 6.45) is -0.852. The number of hydrogen-bond acceptors (Lipinski definition) is 2. The molecule has 0 saturated carbocycles. The molecule has 0 aliphatic carbocycles. The fourth-order valence-corrected chi connectivity index (χ4v) is 1.78. The third-order valence-electron chi connectivity index (χ3n) is 2.92. The van der Waals surface area contributed by atoms with Gasteiger partial charge in [-0.25, -0.2) is 4.39 Å². The van der Waals surface area contributed by atoms with Crippen LogP contribution in [0.15, 0.2) is 42.5 Å². The summed E-state index contributed by atoms with van der Waals surface area (Å²) in [7, 11) is 1.57. The van der Waals surface area contributed by atoms with E-state index in [-0.39, 0.29) is 5.82 Å². The summed E-state index contributed by atoms with van der Waals surface area (Å²) in [6, 6.07) is 11.9. The molecular weight excluding hydrogens is 231 g/mol. The monoisotopic (exact) mass is 246 g/mol. The highest BCUT2D eigenvalue weighted by Crippen LogP contribution is 2.26. The lowest BCUT2D eigenvalue weighted by Crippen LogP contribution is -2.01. The molecule has 0 bridgehead atoms. The van der Waals surface area contributed by atoms with E-state index in [1.165, 1.54) is 6.07 Å². The van der Waals surface area contributed by atoms with Crippen LogP contribution in [0.5, 0.6) is 5.75 Å². The molecule has 3 heteroatoms. The van der Waals surface area contributed by atoms with Gasteiger partial charge in [-0.15, -0.1) is 0 Å². The molecule has 0 heterocycles. The van der Waals surface area contributed by atoms with E-state index in [1.807, 2.05) is 0 Å². The summed E-state index contributed by atoms with van der Waals surface area (Å²) in [5, 5.41) is 10.2. The molecular formula is C15H15FO2. The lowest BCUT2D eigenvalue weighted by molar-refractivity contribution is 0.219. The summed E-state index contributed by atoms with van der Waals surface area (Å²) in [6.45, 7) is 1.69. The van der Waals surface area contributed by atoms with Crippen LogP contribution in [-0.2, 0) is 0 Å². The fourth-order valence-electron chi connectivity index (χ4n) is 1.78. The molecule has 94 valence electrons.